The molecule has 0 bridgehead atoms. The van der Waals surface area contributed by atoms with Crippen LogP contribution in [0.25, 0.3) is 0 Å². The molecule has 2 aromatic carbocycles. The first-order valence-corrected chi connectivity index (χ1v) is 7.62. The number of carbonyl (C=O) groups is 3. The fourth-order valence-electron chi connectivity index (χ4n) is 1.75. The summed E-state index contributed by atoms with van der Waals surface area (Å²) in [4.78, 5) is 34.4. The number of hydrazone groups is 1. The van der Waals surface area contributed by atoms with E-state index in [0.717, 1.165) is 0 Å². The van der Waals surface area contributed by atoms with Crippen LogP contribution in [0.1, 0.15) is 15.9 Å². The molecule has 0 heterocycles. The number of hydrogen-bond acceptors (Lipinski definition) is 4. The number of benzene rings is 2. The van der Waals surface area contributed by atoms with Gasteiger partial charge in [-0.3, -0.25) is 14.4 Å². The zero-order chi connectivity index (χ0) is 18.4. The van der Waals surface area contributed by atoms with Crippen molar-refractivity contribution >= 4 is 52.8 Å². The average Bonchev–Trinajstić information content (AvgIpc) is 2.57. The summed E-state index contributed by atoms with van der Waals surface area (Å²) in [5, 5.41) is 6.70. The maximum Gasteiger partial charge on any atom is 0.329 e. The molecule has 128 valence electrons. The average molecular weight is 379 g/mol. The van der Waals surface area contributed by atoms with Gasteiger partial charge in [-0.2, -0.15) is 5.10 Å². The molecule has 0 aliphatic rings. The molecular formula is C16H12Cl2N4O3. The van der Waals surface area contributed by atoms with Gasteiger partial charge in [0.05, 0.1) is 16.3 Å². The van der Waals surface area contributed by atoms with Gasteiger partial charge in [0, 0.05) is 16.8 Å². The Morgan fingerprint density at radius 2 is 1.56 bits per heavy atom. The minimum atomic E-state index is -0.988. The summed E-state index contributed by atoms with van der Waals surface area (Å²) in [6, 6.07) is 10.6. The van der Waals surface area contributed by atoms with Crippen molar-refractivity contribution in [3.8, 4) is 0 Å². The number of nitrogens with one attached hydrogen (secondary N) is 2. The van der Waals surface area contributed by atoms with E-state index in [1.807, 2.05) is 0 Å². The molecule has 25 heavy (non-hydrogen) atoms. The molecule has 0 atom stereocenters. The molecule has 4 N–H and O–H groups in total. The van der Waals surface area contributed by atoms with E-state index in [1.54, 1.807) is 18.2 Å². The first kappa shape index (κ1) is 18.4. The van der Waals surface area contributed by atoms with E-state index in [4.69, 9.17) is 28.9 Å². The number of rotatable bonds is 4. The van der Waals surface area contributed by atoms with Crippen molar-refractivity contribution in [3.63, 3.8) is 0 Å². The molecule has 0 saturated carbocycles. The molecule has 0 radical (unpaired) electrons. The third-order valence-electron chi connectivity index (χ3n) is 2.99. The Balaban J connectivity index is 1.95. The van der Waals surface area contributed by atoms with Crippen molar-refractivity contribution in [2.24, 2.45) is 10.8 Å². The number of nitrogens with zero attached hydrogens (tertiary/aromatic N) is 1. The Hall–Kier alpha value is -2.90. The normalized spacial score (nSPS) is 10.5. The van der Waals surface area contributed by atoms with E-state index in [9.17, 15) is 14.4 Å². The summed E-state index contributed by atoms with van der Waals surface area (Å²) < 4.78 is 0. The predicted molar refractivity (Wildman–Crippen MR) is 95.8 cm³/mol. The van der Waals surface area contributed by atoms with E-state index in [2.05, 4.69) is 15.8 Å². The van der Waals surface area contributed by atoms with Crippen LogP contribution in [-0.4, -0.2) is 23.9 Å². The van der Waals surface area contributed by atoms with E-state index in [-0.39, 0.29) is 5.56 Å². The van der Waals surface area contributed by atoms with E-state index >= 15 is 0 Å². The standard InChI is InChI=1S/C16H12Cl2N4O3/c17-12-2-1-3-13(18)11(12)8-20-22-16(25)15(24)21-10-6-4-9(5-7-10)14(19)23/h1-8H,(H2,19,23)(H,21,24)(H,22,25). The molecule has 0 aromatic heterocycles. The quantitative estimate of drug-likeness (QED) is 0.430. The van der Waals surface area contributed by atoms with Crippen LogP contribution < -0.4 is 16.5 Å². The lowest BCUT2D eigenvalue weighted by Gasteiger charge is -2.04. The molecule has 0 aliphatic heterocycles. The van der Waals surface area contributed by atoms with Crippen molar-refractivity contribution in [2.45, 2.75) is 0 Å². The minimum absolute atomic E-state index is 0.281. The topological polar surface area (TPSA) is 114 Å². The van der Waals surface area contributed by atoms with Crippen LogP contribution >= 0.6 is 23.2 Å². The first-order chi connectivity index (χ1) is 11.9. The molecule has 0 unspecified atom stereocenters. The highest BCUT2D eigenvalue weighted by atomic mass is 35.5. The van der Waals surface area contributed by atoms with Crippen LogP contribution in [0.2, 0.25) is 10.0 Å². The lowest BCUT2D eigenvalue weighted by Crippen LogP contribution is -2.32. The summed E-state index contributed by atoms with van der Waals surface area (Å²) in [7, 11) is 0. The molecule has 0 aliphatic carbocycles. The van der Waals surface area contributed by atoms with Crippen LogP contribution in [0.3, 0.4) is 0 Å². The summed E-state index contributed by atoms with van der Waals surface area (Å²) in [6.45, 7) is 0. The van der Waals surface area contributed by atoms with Crippen molar-refractivity contribution in [1.29, 1.82) is 0 Å². The molecule has 0 saturated heterocycles. The van der Waals surface area contributed by atoms with Crippen LogP contribution in [0.4, 0.5) is 5.69 Å². The second-order valence-corrected chi connectivity index (χ2v) is 5.54. The van der Waals surface area contributed by atoms with Gasteiger partial charge in [0.15, 0.2) is 0 Å². The fraction of sp³-hybridized carbons (Fsp3) is 0. The zero-order valence-electron chi connectivity index (χ0n) is 12.6. The lowest BCUT2D eigenvalue weighted by molar-refractivity contribution is -0.136. The van der Waals surface area contributed by atoms with Crippen LogP contribution in [-0.2, 0) is 9.59 Å². The van der Waals surface area contributed by atoms with Gasteiger partial charge >= 0.3 is 11.8 Å². The van der Waals surface area contributed by atoms with Gasteiger partial charge < -0.3 is 11.1 Å². The van der Waals surface area contributed by atoms with Crippen molar-refractivity contribution < 1.29 is 14.4 Å². The molecule has 0 fully saturated rings. The van der Waals surface area contributed by atoms with Crippen molar-refractivity contribution in [1.82, 2.24) is 5.43 Å². The smallest absolute Gasteiger partial charge is 0.329 e. The zero-order valence-corrected chi connectivity index (χ0v) is 14.1. The third-order valence-corrected chi connectivity index (χ3v) is 3.65. The molecule has 2 rings (SSSR count). The molecule has 7 nitrogen and oxygen atoms in total. The van der Waals surface area contributed by atoms with E-state index in [1.165, 1.54) is 30.5 Å². The Morgan fingerprint density at radius 1 is 0.960 bits per heavy atom. The van der Waals surface area contributed by atoms with E-state index in [0.29, 0.717) is 21.3 Å². The Bertz CT molecular complexity index is 831. The van der Waals surface area contributed by atoms with Gasteiger partial charge in [-0.25, -0.2) is 5.43 Å². The van der Waals surface area contributed by atoms with Crippen molar-refractivity contribution in [2.75, 3.05) is 5.32 Å². The maximum atomic E-state index is 11.8. The maximum absolute atomic E-state index is 11.8. The van der Waals surface area contributed by atoms with E-state index < -0.39 is 17.7 Å². The van der Waals surface area contributed by atoms with Gasteiger partial charge in [0.2, 0.25) is 5.91 Å². The number of carbonyl (C=O) groups excluding carboxylic acids is 3. The molecular weight excluding hydrogens is 367 g/mol. The predicted octanol–water partition coefficient (Wildman–Crippen LogP) is 2.18. The van der Waals surface area contributed by atoms with Gasteiger partial charge in [-0.05, 0) is 36.4 Å². The molecule has 0 spiro atoms. The summed E-state index contributed by atoms with van der Waals surface area (Å²) in [5.74, 6) is -2.52. The second kappa shape index (κ2) is 8.27. The highest BCUT2D eigenvalue weighted by Gasteiger charge is 2.13. The fourth-order valence-corrected chi connectivity index (χ4v) is 2.24. The monoisotopic (exact) mass is 378 g/mol. The number of halogens is 2. The number of hydrogen-bond donors (Lipinski definition) is 3. The summed E-state index contributed by atoms with van der Waals surface area (Å²) in [6.07, 6.45) is 1.23. The number of nitrogens with two attached hydrogens (primary N) is 1. The van der Waals surface area contributed by atoms with Crippen LogP contribution in [0, 0.1) is 0 Å². The minimum Gasteiger partial charge on any atom is -0.366 e. The van der Waals surface area contributed by atoms with Gasteiger partial charge in [-0.1, -0.05) is 29.3 Å². The number of primary amides is 1. The third kappa shape index (κ3) is 5.03. The van der Waals surface area contributed by atoms with Gasteiger partial charge in [0.1, 0.15) is 0 Å². The first-order valence-electron chi connectivity index (χ1n) is 6.86. The Morgan fingerprint density at radius 3 is 2.12 bits per heavy atom. The molecule has 3 amide bonds. The Labute approximate surface area is 152 Å². The molecule has 2 aromatic rings. The summed E-state index contributed by atoms with van der Waals surface area (Å²) in [5.41, 5.74) is 8.19. The van der Waals surface area contributed by atoms with Gasteiger partial charge in [-0.15, -0.1) is 0 Å². The highest BCUT2D eigenvalue weighted by molar-refractivity contribution is 6.40. The molecule has 9 heteroatoms. The van der Waals surface area contributed by atoms with Crippen LogP contribution in [0.5, 0.6) is 0 Å². The Kier molecular flexibility index (Phi) is 6.10. The number of anilines is 1. The van der Waals surface area contributed by atoms with Crippen LogP contribution in [0.15, 0.2) is 47.6 Å². The second-order valence-electron chi connectivity index (χ2n) is 4.73. The lowest BCUT2D eigenvalue weighted by atomic mass is 10.2. The van der Waals surface area contributed by atoms with Crippen molar-refractivity contribution in [3.05, 3.63) is 63.6 Å². The van der Waals surface area contributed by atoms with Gasteiger partial charge in [0.25, 0.3) is 0 Å². The largest absolute Gasteiger partial charge is 0.366 e. The highest BCUT2D eigenvalue weighted by Crippen LogP contribution is 2.21. The SMILES string of the molecule is NC(=O)c1ccc(NC(=O)C(=O)NN=Cc2c(Cl)cccc2Cl)cc1. The number of amides is 3. The summed E-state index contributed by atoms with van der Waals surface area (Å²) >= 11 is 11.9.